The number of unbranched alkanes of at least 4 members (excludes halogenated alkanes) is 3. The molecule has 0 radical (unpaired) electrons. The Morgan fingerprint density at radius 2 is 1.89 bits per heavy atom. The maximum atomic E-state index is 12.8. The number of anilines is 1. The van der Waals surface area contributed by atoms with Crippen molar-refractivity contribution >= 4 is 11.6 Å². The van der Waals surface area contributed by atoms with E-state index in [-0.39, 0.29) is 11.7 Å². The number of hydrogen-bond donors (Lipinski definition) is 2. The second kappa shape index (κ2) is 7.12. The minimum absolute atomic E-state index is 0.297. The van der Waals surface area contributed by atoms with Crippen LogP contribution in [0.4, 0.5) is 10.1 Å². The molecule has 0 bridgehead atoms. The summed E-state index contributed by atoms with van der Waals surface area (Å²) in [6, 6.07) is 5.95. The molecule has 19 heavy (non-hydrogen) atoms. The molecule has 1 atom stereocenters. The van der Waals surface area contributed by atoms with Gasteiger partial charge in [-0.3, -0.25) is 4.79 Å². The molecule has 0 spiro atoms. The summed E-state index contributed by atoms with van der Waals surface area (Å²) in [5.74, 6) is -0.678. The minimum atomic E-state index is -0.786. The fourth-order valence-electron chi connectivity index (χ4n) is 2.00. The van der Waals surface area contributed by atoms with Crippen LogP contribution in [0.15, 0.2) is 24.3 Å². The van der Waals surface area contributed by atoms with E-state index >= 15 is 0 Å². The zero-order valence-electron chi connectivity index (χ0n) is 11.7. The molecule has 3 nitrogen and oxygen atoms in total. The highest BCUT2D eigenvalue weighted by molar-refractivity contribution is 5.87. The Morgan fingerprint density at radius 3 is 2.42 bits per heavy atom. The second-order valence-corrected chi connectivity index (χ2v) is 5.14. The number of carbonyl (C=O) groups is 1. The largest absolute Gasteiger partial charge is 0.371 e. The summed E-state index contributed by atoms with van der Waals surface area (Å²) in [5, 5.41) is 3.12. The zero-order valence-corrected chi connectivity index (χ0v) is 11.7. The fraction of sp³-hybridized carbons (Fsp3) is 0.533. The smallest absolute Gasteiger partial charge is 0.242 e. The van der Waals surface area contributed by atoms with Crippen LogP contribution in [-0.2, 0) is 4.79 Å². The molecule has 1 unspecified atom stereocenters. The van der Waals surface area contributed by atoms with E-state index < -0.39 is 5.54 Å². The van der Waals surface area contributed by atoms with Crippen LogP contribution in [0.2, 0.25) is 0 Å². The van der Waals surface area contributed by atoms with Crippen molar-refractivity contribution in [2.45, 2.75) is 51.5 Å². The summed E-state index contributed by atoms with van der Waals surface area (Å²) in [7, 11) is 0. The van der Waals surface area contributed by atoms with Crippen LogP contribution in [0.5, 0.6) is 0 Å². The number of nitrogens with one attached hydrogen (secondary N) is 1. The molecule has 1 aromatic carbocycles. The van der Waals surface area contributed by atoms with Gasteiger partial charge in [-0.2, -0.15) is 0 Å². The summed E-state index contributed by atoms with van der Waals surface area (Å²) < 4.78 is 12.8. The molecule has 0 aromatic heterocycles. The Bertz CT molecular complexity index is 405. The van der Waals surface area contributed by atoms with Gasteiger partial charge in [0.05, 0.1) is 0 Å². The Labute approximate surface area is 114 Å². The lowest BCUT2D eigenvalue weighted by Crippen LogP contribution is -2.47. The van der Waals surface area contributed by atoms with Gasteiger partial charge in [0.15, 0.2) is 0 Å². The molecule has 0 fully saturated rings. The van der Waals surface area contributed by atoms with E-state index in [1.807, 2.05) is 0 Å². The first-order valence-electron chi connectivity index (χ1n) is 6.81. The normalized spacial score (nSPS) is 13.8. The average Bonchev–Trinajstić information content (AvgIpc) is 2.37. The number of primary amides is 1. The van der Waals surface area contributed by atoms with Crippen LogP contribution in [-0.4, -0.2) is 11.4 Å². The van der Waals surface area contributed by atoms with Crippen molar-refractivity contribution in [2.75, 3.05) is 5.32 Å². The van der Waals surface area contributed by atoms with Crippen LogP contribution < -0.4 is 11.1 Å². The second-order valence-electron chi connectivity index (χ2n) is 5.14. The van der Waals surface area contributed by atoms with Crippen molar-refractivity contribution in [1.82, 2.24) is 0 Å². The summed E-state index contributed by atoms with van der Waals surface area (Å²) in [6.45, 7) is 3.94. The number of rotatable bonds is 8. The van der Waals surface area contributed by atoms with E-state index in [4.69, 9.17) is 5.73 Å². The van der Waals surface area contributed by atoms with E-state index in [1.165, 1.54) is 12.1 Å². The van der Waals surface area contributed by atoms with Gasteiger partial charge in [0.25, 0.3) is 0 Å². The van der Waals surface area contributed by atoms with E-state index in [2.05, 4.69) is 12.2 Å². The van der Waals surface area contributed by atoms with Crippen LogP contribution in [0.3, 0.4) is 0 Å². The molecule has 4 heteroatoms. The van der Waals surface area contributed by atoms with Gasteiger partial charge in [0.1, 0.15) is 11.4 Å². The van der Waals surface area contributed by atoms with Crippen LogP contribution in [0.1, 0.15) is 46.0 Å². The van der Waals surface area contributed by atoms with E-state index in [0.29, 0.717) is 12.1 Å². The lowest BCUT2D eigenvalue weighted by Gasteiger charge is -2.28. The summed E-state index contributed by atoms with van der Waals surface area (Å²) in [4.78, 5) is 11.6. The third-order valence-electron chi connectivity index (χ3n) is 3.34. The number of halogens is 1. The van der Waals surface area contributed by atoms with Crippen LogP contribution in [0, 0.1) is 5.82 Å². The molecular weight excluding hydrogens is 243 g/mol. The number of hydrogen-bond acceptors (Lipinski definition) is 2. The average molecular weight is 266 g/mol. The first-order chi connectivity index (χ1) is 8.98. The van der Waals surface area contributed by atoms with Crippen molar-refractivity contribution in [3.63, 3.8) is 0 Å². The highest BCUT2D eigenvalue weighted by Crippen LogP contribution is 2.21. The quantitative estimate of drug-likeness (QED) is 0.708. The molecule has 0 saturated heterocycles. The van der Waals surface area contributed by atoms with Gasteiger partial charge in [-0.25, -0.2) is 4.39 Å². The molecular formula is C15H23FN2O. The Kier molecular flexibility index (Phi) is 5.80. The van der Waals surface area contributed by atoms with Gasteiger partial charge in [-0.1, -0.05) is 32.6 Å². The SMILES string of the molecule is CCCCCCC(C)(Nc1ccc(F)cc1)C(N)=O. The van der Waals surface area contributed by atoms with Crippen molar-refractivity contribution in [3.8, 4) is 0 Å². The number of nitrogens with two attached hydrogens (primary N) is 1. The van der Waals surface area contributed by atoms with Crippen LogP contribution in [0.25, 0.3) is 0 Å². The Morgan fingerprint density at radius 1 is 1.26 bits per heavy atom. The molecule has 106 valence electrons. The molecule has 1 aromatic rings. The number of carbonyl (C=O) groups excluding carboxylic acids is 1. The maximum absolute atomic E-state index is 12.8. The molecule has 3 N–H and O–H groups in total. The van der Waals surface area contributed by atoms with Crippen molar-refractivity contribution in [1.29, 1.82) is 0 Å². The standard InChI is InChI=1S/C15H23FN2O/c1-3-4-5-6-11-15(2,14(17)19)18-13-9-7-12(16)8-10-13/h7-10,18H,3-6,11H2,1-2H3,(H2,17,19). The molecule has 0 aliphatic rings. The van der Waals surface area contributed by atoms with Gasteiger partial charge >= 0.3 is 0 Å². The van der Waals surface area contributed by atoms with Crippen molar-refractivity contribution < 1.29 is 9.18 Å². The predicted molar refractivity (Wildman–Crippen MR) is 76.4 cm³/mol. The third kappa shape index (κ3) is 4.89. The highest BCUT2D eigenvalue weighted by atomic mass is 19.1. The first-order valence-corrected chi connectivity index (χ1v) is 6.81. The van der Waals surface area contributed by atoms with Gasteiger partial charge < -0.3 is 11.1 Å². The zero-order chi connectivity index (χ0) is 14.3. The maximum Gasteiger partial charge on any atom is 0.242 e. The predicted octanol–water partition coefficient (Wildman–Crippen LogP) is 3.45. The molecule has 0 heterocycles. The number of amides is 1. The third-order valence-corrected chi connectivity index (χ3v) is 3.34. The summed E-state index contributed by atoms with van der Waals surface area (Å²) >= 11 is 0. The van der Waals surface area contributed by atoms with E-state index in [1.54, 1.807) is 19.1 Å². The Hall–Kier alpha value is -1.58. The van der Waals surface area contributed by atoms with Crippen molar-refractivity contribution in [3.05, 3.63) is 30.1 Å². The molecule has 0 saturated carbocycles. The van der Waals surface area contributed by atoms with Crippen LogP contribution >= 0.6 is 0 Å². The lowest BCUT2D eigenvalue weighted by atomic mass is 9.93. The van der Waals surface area contributed by atoms with E-state index in [0.717, 1.165) is 25.7 Å². The molecule has 0 aliphatic carbocycles. The summed E-state index contributed by atoms with van der Waals surface area (Å²) in [6.07, 6.45) is 5.02. The van der Waals surface area contributed by atoms with E-state index in [9.17, 15) is 9.18 Å². The number of benzene rings is 1. The Balaban J connectivity index is 2.65. The fourth-order valence-corrected chi connectivity index (χ4v) is 2.00. The lowest BCUT2D eigenvalue weighted by molar-refractivity contribution is -0.122. The minimum Gasteiger partial charge on any atom is -0.371 e. The highest BCUT2D eigenvalue weighted by Gasteiger charge is 2.30. The summed E-state index contributed by atoms with van der Waals surface area (Å²) in [5.41, 5.74) is 5.41. The van der Waals surface area contributed by atoms with Gasteiger partial charge in [-0.15, -0.1) is 0 Å². The van der Waals surface area contributed by atoms with Crippen molar-refractivity contribution in [2.24, 2.45) is 5.73 Å². The topological polar surface area (TPSA) is 55.1 Å². The molecule has 1 rings (SSSR count). The molecule has 0 aliphatic heterocycles. The first kappa shape index (κ1) is 15.5. The van der Waals surface area contributed by atoms with Gasteiger partial charge in [-0.05, 0) is 37.6 Å². The van der Waals surface area contributed by atoms with Gasteiger partial charge in [0.2, 0.25) is 5.91 Å². The molecule has 1 amide bonds. The monoisotopic (exact) mass is 266 g/mol. The van der Waals surface area contributed by atoms with Gasteiger partial charge in [0, 0.05) is 5.69 Å².